The van der Waals surface area contributed by atoms with Crippen LogP contribution in [0.5, 0.6) is 0 Å². The molecule has 4 N–H and O–H groups in total. The Labute approximate surface area is 365 Å². The maximum absolute atomic E-state index is 12.7. The van der Waals surface area contributed by atoms with Crippen LogP contribution in [-0.2, 0) is 37.5 Å². The van der Waals surface area contributed by atoms with Gasteiger partial charge in [-0.1, -0.05) is 172 Å². The minimum atomic E-state index is -4.72. The van der Waals surface area contributed by atoms with Crippen LogP contribution >= 0.6 is 7.82 Å². The molecule has 0 aliphatic rings. The summed E-state index contributed by atoms with van der Waals surface area (Å²) >= 11 is 0. The molecule has 0 spiro atoms. The standard InChI is InChI=1S/C48H86NO10P/c1-3-5-7-9-11-13-15-17-19-20-21-22-23-24-26-28-30-32-34-36-38-40-47(51)59-44(42-57-60(54,55)58-43-45(49)48(52)53)41-56-46(50)39-37-35-33-31-29-27-25-18-16-14-12-10-8-6-4-2/h6,8,12,14,17-19,25,44-45H,3-5,7,9-11,13,15-16,20-24,26-43,49H2,1-2H3,(H,52,53)(H,54,55)/b8-6+,14-12+,19-17+,25-18+/t44-,45-/m0/s1. The summed E-state index contributed by atoms with van der Waals surface area (Å²) in [5.41, 5.74) is 5.34. The molecule has 0 radical (unpaired) electrons. The molecule has 348 valence electrons. The largest absolute Gasteiger partial charge is 0.480 e. The smallest absolute Gasteiger partial charge is 0.472 e. The van der Waals surface area contributed by atoms with Crippen LogP contribution in [0, 0.1) is 0 Å². The number of aliphatic carboxylic acids is 1. The van der Waals surface area contributed by atoms with E-state index in [2.05, 4.69) is 67.0 Å². The topological polar surface area (TPSA) is 172 Å². The van der Waals surface area contributed by atoms with Crippen molar-refractivity contribution in [3.05, 3.63) is 48.6 Å². The fourth-order valence-corrected chi connectivity index (χ4v) is 7.15. The molecule has 11 nitrogen and oxygen atoms in total. The maximum Gasteiger partial charge on any atom is 0.472 e. The van der Waals surface area contributed by atoms with Crippen molar-refractivity contribution in [2.75, 3.05) is 19.8 Å². The molecule has 0 fully saturated rings. The van der Waals surface area contributed by atoms with E-state index >= 15 is 0 Å². The fourth-order valence-electron chi connectivity index (χ4n) is 6.37. The molecule has 0 rings (SSSR count). The minimum absolute atomic E-state index is 0.156. The number of rotatable bonds is 44. The van der Waals surface area contributed by atoms with E-state index in [0.29, 0.717) is 12.8 Å². The van der Waals surface area contributed by atoms with E-state index in [4.69, 9.17) is 24.8 Å². The highest BCUT2D eigenvalue weighted by atomic mass is 31.2. The molecule has 0 saturated heterocycles. The molecule has 0 amide bonds. The third-order valence-corrected chi connectivity index (χ3v) is 11.0. The van der Waals surface area contributed by atoms with Crippen molar-refractivity contribution >= 4 is 25.7 Å². The highest BCUT2D eigenvalue weighted by Crippen LogP contribution is 2.43. The van der Waals surface area contributed by atoms with Gasteiger partial charge in [0.1, 0.15) is 12.6 Å². The molecule has 12 heteroatoms. The summed E-state index contributed by atoms with van der Waals surface area (Å²) in [5.74, 6) is -2.40. The van der Waals surface area contributed by atoms with Crippen LogP contribution in [0.25, 0.3) is 0 Å². The molecule has 0 aromatic rings. The van der Waals surface area contributed by atoms with Crippen LogP contribution in [-0.4, -0.2) is 59.9 Å². The molecular weight excluding hydrogens is 781 g/mol. The lowest BCUT2D eigenvalue weighted by molar-refractivity contribution is -0.161. The third kappa shape index (κ3) is 42.1. The van der Waals surface area contributed by atoms with E-state index < -0.39 is 51.1 Å². The van der Waals surface area contributed by atoms with Gasteiger partial charge in [-0.15, -0.1) is 0 Å². The average Bonchev–Trinajstić information content (AvgIpc) is 3.22. The number of carboxylic acids is 1. The van der Waals surface area contributed by atoms with Crippen LogP contribution in [0.3, 0.4) is 0 Å². The summed E-state index contributed by atoms with van der Waals surface area (Å²) in [4.78, 5) is 46.1. The van der Waals surface area contributed by atoms with Crippen molar-refractivity contribution in [2.24, 2.45) is 5.73 Å². The van der Waals surface area contributed by atoms with Gasteiger partial charge >= 0.3 is 25.7 Å². The van der Waals surface area contributed by atoms with Crippen LogP contribution in [0.15, 0.2) is 48.6 Å². The third-order valence-electron chi connectivity index (χ3n) is 10.1. The van der Waals surface area contributed by atoms with Gasteiger partial charge in [0.15, 0.2) is 6.10 Å². The molecule has 0 aromatic heterocycles. The van der Waals surface area contributed by atoms with Crippen LogP contribution in [0.2, 0.25) is 0 Å². The minimum Gasteiger partial charge on any atom is -0.480 e. The van der Waals surface area contributed by atoms with Crippen molar-refractivity contribution in [3.63, 3.8) is 0 Å². The number of allylic oxidation sites excluding steroid dienone is 8. The van der Waals surface area contributed by atoms with Crippen molar-refractivity contribution in [2.45, 2.75) is 219 Å². The van der Waals surface area contributed by atoms with Gasteiger partial charge in [-0.2, -0.15) is 0 Å². The second kappa shape index (κ2) is 43.1. The second-order valence-corrected chi connectivity index (χ2v) is 17.3. The highest BCUT2D eigenvalue weighted by Gasteiger charge is 2.28. The van der Waals surface area contributed by atoms with Crippen LogP contribution in [0.4, 0.5) is 0 Å². The SMILES string of the molecule is CC/C=C/C/C=C/C/C=C/CCCCCCCC(=O)OC[C@@H](COP(=O)(O)OC[C@H](N)C(=O)O)OC(=O)CCCCCCCCCCCCC/C=C/CCCCCCCC. The summed E-state index contributed by atoms with van der Waals surface area (Å²) in [6.07, 6.45) is 48.9. The van der Waals surface area contributed by atoms with Gasteiger partial charge in [0, 0.05) is 12.8 Å². The van der Waals surface area contributed by atoms with Crippen molar-refractivity contribution in [1.29, 1.82) is 0 Å². The Morgan fingerprint density at radius 3 is 1.42 bits per heavy atom. The van der Waals surface area contributed by atoms with Crippen molar-refractivity contribution in [1.82, 2.24) is 0 Å². The number of nitrogens with two attached hydrogens (primary N) is 1. The zero-order chi connectivity index (χ0) is 44.2. The van der Waals surface area contributed by atoms with E-state index in [1.165, 1.54) is 96.3 Å². The molecule has 3 atom stereocenters. The summed E-state index contributed by atoms with van der Waals surface area (Å²) < 4.78 is 32.8. The Balaban J connectivity index is 4.29. The zero-order valence-corrected chi connectivity index (χ0v) is 38.7. The van der Waals surface area contributed by atoms with Gasteiger partial charge in [-0.25, -0.2) is 4.57 Å². The summed E-state index contributed by atoms with van der Waals surface area (Å²) in [6.45, 7) is 2.68. The molecule has 60 heavy (non-hydrogen) atoms. The number of phosphoric ester groups is 1. The zero-order valence-electron chi connectivity index (χ0n) is 37.8. The van der Waals surface area contributed by atoms with E-state index in [1.54, 1.807) is 0 Å². The normalized spacial score (nSPS) is 14.1. The predicted octanol–water partition coefficient (Wildman–Crippen LogP) is 13.0. The number of carbonyl (C=O) groups excluding carboxylic acids is 2. The number of carbonyl (C=O) groups is 3. The van der Waals surface area contributed by atoms with E-state index in [9.17, 15) is 23.8 Å². The molecular formula is C48H86NO10P. The number of phosphoric acid groups is 1. The molecule has 0 aliphatic carbocycles. The molecule has 0 aromatic carbocycles. The Morgan fingerprint density at radius 2 is 0.933 bits per heavy atom. The predicted molar refractivity (Wildman–Crippen MR) is 245 cm³/mol. The molecule has 1 unspecified atom stereocenters. The maximum atomic E-state index is 12.7. The number of unbranched alkanes of at least 4 members (excludes halogenated alkanes) is 22. The van der Waals surface area contributed by atoms with Crippen LogP contribution < -0.4 is 5.73 Å². The summed E-state index contributed by atoms with van der Waals surface area (Å²) in [7, 11) is -4.72. The van der Waals surface area contributed by atoms with Gasteiger partial charge in [0.2, 0.25) is 0 Å². The second-order valence-electron chi connectivity index (χ2n) is 15.9. The first-order chi connectivity index (χ1) is 29.1. The van der Waals surface area contributed by atoms with Gasteiger partial charge in [0.05, 0.1) is 13.2 Å². The first kappa shape index (κ1) is 57.4. The number of ether oxygens (including phenoxy) is 2. The van der Waals surface area contributed by atoms with Crippen molar-refractivity contribution < 1.29 is 47.5 Å². The van der Waals surface area contributed by atoms with Gasteiger partial charge in [0.25, 0.3) is 0 Å². The number of hydrogen-bond donors (Lipinski definition) is 3. The Hall–Kier alpha value is -2.56. The molecule has 0 heterocycles. The van der Waals surface area contributed by atoms with Crippen molar-refractivity contribution in [3.8, 4) is 0 Å². The monoisotopic (exact) mass is 868 g/mol. The lowest BCUT2D eigenvalue weighted by atomic mass is 10.0. The lowest BCUT2D eigenvalue weighted by Crippen LogP contribution is -2.34. The quantitative estimate of drug-likeness (QED) is 0.0230. The van der Waals surface area contributed by atoms with Crippen LogP contribution in [0.1, 0.15) is 206 Å². The van der Waals surface area contributed by atoms with E-state index in [-0.39, 0.29) is 19.4 Å². The number of hydrogen-bond acceptors (Lipinski definition) is 9. The van der Waals surface area contributed by atoms with Gasteiger partial charge in [-0.3, -0.25) is 23.4 Å². The van der Waals surface area contributed by atoms with E-state index in [0.717, 1.165) is 70.6 Å². The summed E-state index contributed by atoms with van der Waals surface area (Å²) in [6, 6.07) is -1.52. The number of esters is 2. The summed E-state index contributed by atoms with van der Waals surface area (Å²) in [5, 5.41) is 8.90. The lowest BCUT2D eigenvalue weighted by Gasteiger charge is -2.20. The Kier molecular flexibility index (Phi) is 41.3. The Morgan fingerprint density at radius 1 is 0.533 bits per heavy atom. The molecule has 0 bridgehead atoms. The molecule has 0 aliphatic heterocycles. The van der Waals surface area contributed by atoms with Gasteiger partial charge < -0.3 is 25.2 Å². The number of carboxylic acid groups (broad SMARTS) is 1. The highest BCUT2D eigenvalue weighted by molar-refractivity contribution is 7.47. The first-order valence-electron chi connectivity index (χ1n) is 23.7. The molecule has 0 saturated carbocycles. The average molecular weight is 868 g/mol. The van der Waals surface area contributed by atoms with E-state index in [1.807, 2.05) is 0 Å². The first-order valence-corrected chi connectivity index (χ1v) is 25.2. The Bertz CT molecular complexity index is 1200. The fraction of sp³-hybridized carbons (Fsp3) is 0.771. The van der Waals surface area contributed by atoms with Gasteiger partial charge in [-0.05, 0) is 70.6 Å².